The molecule has 104 valence electrons. The van der Waals surface area contributed by atoms with E-state index in [2.05, 4.69) is 5.32 Å². The summed E-state index contributed by atoms with van der Waals surface area (Å²) < 4.78 is 0. The van der Waals surface area contributed by atoms with E-state index in [4.69, 9.17) is 10.8 Å². The third-order valence-corrected chi connectivity index (χ3v) is 2.62. The summed E-state index contributed by atoms with van der Waals surface area (Å²) in [7, 11) is 0. The predicted octanol–water partition coefficient (Wildman–Crippen LogP) is 1.55. The first kappa shape index (κ1) is 15.0. The molecule has 0 radical (unpaired) electrons. The van der Waals surface area contributed by atoms with Gasteiger partial charge in [-0.2, -0.15) is 0 Å². The van der Waals surface area contributed by atoms with Crippen LogP contribution in [0.5, 0.6) is 5.75 Å². The number of nitrogens with two attached hydrogens (primary N) is 1. The number of nitrogens with one attached hydrogen (secondary N) is 1. The van der Waals surface area contributed by atoms with Gasteiger partial charge in [0.2, 0.25) is 5.91 Å². The first-order valence-electron chi connectivity index (χ1n) is 6.11. The van der Waals surface area contributed by atoms with Gasteiger partial charge < -0.3 is 21.3 Å². The number of unbranched alkanes of at least 4 members (excludes halogenated alkanes) is 2. The van der Waals surface area contributed by atoms with Crippen molar-refractivity contribution >= 4 is 17.6 Å². The van der Waals surface area contributed by atoms with E-state index >= 15 is 0 Å². The zero-order valence-electron chi connectivity index (χ0n) is 10.6. The molecule has 0 heterocycles. The van der Waals surface area contributed by atoms with E-state index in [1.807, 2.05) is 0 Å². The van der Waals surface area contributed by atoms with E-state index in [1.165, 1.54) is 18.2 Å². The monoisotopic (exact) mass is 266 g/mol. The van der Waals surface area contributed by atoms with E-state index in [1.54, 1.807) is 0 Å². The van der Waals surface area contributed by atoms with Crippen LogP contribution in [-0.4, -0.2) is 28.6 Å². The average Bonchev–Trinajstić information content (AvgIpc) is 2.36. The number of hydrogen-bond donors (Lipinski definition) is 4. The zero-order chi connectivity index (χ0) is 14.3. The Balaban J connectivity index is 2.55. The maximum Gasteiger partial charge on any atom is 0.339 e. The Morgan fingerprint density at radius 1 is 1.21 bits per heavy atom. The van der Waals surface area contributed by atoms with Crippen LogP contribution in [0.1, 0.15) is 36.0 Å². The highest BCUT2D eigenvalue weighted by molar-refractivity contribution is 5.95. The summed E-state index contributed by atoms with van der Waals surface area (Å²) in [5.74, 6) is -1.75. The van der Waals surface area contributed by atoms with Crippen LogP contribution in [0.3, 0.4) is 0 Å². The number of amides is 1. The molecule has 1 aromatic rings. The second-order valence-electron chi connectivity index (χ2n) is 4.18. The number of phenols is 1. The highest BCUT2D eigenvalue weighted by Crippen LogP contribution is 2.21. The fourth-order valence-corrected chi connectivity index (χ4v) is 1.62. The van der Waals surface area contributed by atoms with E-state index in [9.17, 15) is 14.7 Å². The van der Waals surface area contributed by atoms with Gasteiger partial charge in [0, 0.05) is 12.1 Å². The predicted molar refractivity (Wildman–Crippen MR) is 71.2 cm³/mol. The number of hydrogen-bond acceptors (Lipinski definition) is 4. The molecule has 0 aromatic heterocycles. The third-order valence-electron chi connectivity index (χ3n) is 2.62. The van der Waals surface area contributed by atoms with Gasteiger partial charge in [-0.1, -0.05) is 6.42 Å². The van der Waals surface area contributed by atoms with Crippen molar-refractivity contribution in [1.29, 1.82) is 0 Å². The standard InChI is InChI=1S/C13H18N2O4/c14-7-3-1-2-4-12(17)15-9-5-6-11(16)10(8-9)13(18)19/h5-6,8,16H,1-4,7,14H2,(H,15,17)(H,18,19). The second-order valence-corrected chi connectivity index (χ2v) is 4.18. The molecule has 0 atom stereocenters. The molecular formula is C13H18N2O4. The summed E-state index contributed by atoms with van der Waals surface area (Å²) in [4.78, 5) is 22.4. The second kappa shape index (κ2) is 7.38. The number of aromatic carboxylic acids is 1. The van der Waals surface area contributed by atoms with Crippen LogP contribution in [-0.2, 0) is 4.79 Å². The van der Waals surface area contributed by atoms with Crippen molar-refractivity contribution < 1.29 is 19.8 Å². The Hall–Kier alpha value is -2.08. The minimum absolute atomic E-state index is 0.181. The molecule has 19 heavy (non-hydrogen) atoms. The molecular weight excluding hydrogens is 248 g/mol. The van der Waals surface area contributed by atoms with Gasteiger partial charge in [-0.05, 0) is 37.6 Å². The van der Waals surface area contributed by atoms with E-state index in [-0.39, 0.29) is 17.2 Å². The van der Waals surface area contributed by atoms with Crippen molar-refractivity contribution in [2.45, 2.75) is 25.7 Å². The lowest BCUT2D eigenvalue weighted by molar-refractivity contribution is -0.116. The molecule has 0 aliphatic carbocycles. The van der Waals surface area contributed by atoms with Crippen molar-refractivity contribution in [2.24, 2.45) is 5.73 Å². The van der Waals surface area contributed by atoms with Crippen LogP contribution in [0.15, 0.2) is 18.2 Å². The lowest BCUT2D eigenvalue weighted by Gasteiger charge is -2.07. The van der Waals surface area contributed by atoms with Crippen molar-refractivity contribution in [3.63, 3.8) is 0 Å². The first-order valence-corrected chi connectivity index (χ1v) is 6.11. The number of anilines is 1. The first-order chi connectivity index (χ1) is 9.04. The third kappa shape index (κ3) is 4.97. The summed E-state index contributed by atoms with van der Waals surface area (Å²) in [5, 5.41) is 20.8. The van der Waals surface area contributed by atoms with Gasteiger partial charge in [0.15, 0.2) is 0 Å². The molecule has 0 fully saturated rings. The molecule has 1 rings (SSSR count). The summed E-state index contributed by atoms with van der Waals surface area (Å²) in [6.07, 6.45) is 2.88. The SMILES string of the molecule is NCCCCCC(=O)Nc1ccc(O)c(C(=O)O)c1. The van der Waals surface area contributed by atoms with Gasteiger partial charge in [-0.25, -0.2) is 4.79 Å². The molecule has 1 aromatic carbocycles. The number of carboxylic acid groups (broad SMARTS) is 1. The van der Waals surface area contributed by atoms with Gasteiger partial charge in [0.25, 0.3) is 0 Å². The average molecular weight is 266 g/mol. The van der Waals surface area contributed by atoms with Crippen molar-refractivity contribution in [2.75, 3.05) is 11.9 Å². The Bertz CT molecular complexity index is 460. The Morgan fingerprint density at radius 3 is 2.58 bits per heavy atom. The highest BCUT2D eigenvalue weighted by atomic mass is 16.4. The van der Waals surface area contributed by atoms with Crippen LogP contribution in [0.25, 0.3) is 0 Å². The fraction of sp³-hybridized carbons (Fsp3) is 0.385. The van der Waals surface area contributed by atoms with E-state index in [0.29, 0.717) is 18.7 Å². The van der Waals surface area contributed by atoms with Crippen LogP contribution in [0, 0.1) is 0 Å². The minimum atomic E-state index is -1.24. The number of rotatable bonds is 7. The Kier molecular flexibility index (Phi) is 5.81. The van der Waals surface area contributed by atoms with Crippen LogP contribution in [0.4, 0.5) is 5.69 Å². The lowest BCUT2D eigenvalue weighted by Crippen LogP contribution is -2.12. The summed E-state index contributed by atoms with van der Waals surface area (Å²) in [5.41, 5.74) is 5.47. The smallest absolute Gasteiger partial charge is 0.339 e. The van der Waals surface area contributed by atoms with Gasteiger partial charge in [0.1, 0.15) is 11.3 Å². The van der Waals surface area contributed by atoms with Gasteiger partial charge >= 0.3 is 5.97 Å². The summed E-state index contributed by atoms with van der Waals surface area (Å²) in [6, 6.07) is 3.93. The van der Waals surface area contributed by atoms with E-state index in [0.717, 1.165) is 19.3 Å². The van der Waals surface area contributed by atoms with E-state index < -0.39 is 5.97 Å². The van der Waals surface area contributed by atoms with Crippen LogP contribution >= 0.6 is 0 Å². The fourth-order valence-electron chi connectivity index (χ4n) is 1.62. The lowest BCUT2D eigenvalue weighted by atomic mass is 10.1. The minimum Gasteiger partial charge on any atom is -0.507 e. The number of carbonyl (C=O) groups is 2. The summed E-state index contributed by atoms with van der Waals surface area (Å²) >= 11 is 0. The number of carbonyl (C=O) groups excluding carboxylic acids is 1. The molecule has 0 saturated heterocycles. The molecule has 0 unspecified atom stereocenters. The van der Waals surface area contributed by atoms with Gasteiger partial charge in [-0.3, -0.25) is 4.79 Å². The normalized spacial score (nSPS) is 10.2. The van der Waals surface area contributed by atoms with Crippen molar-refractivity contribution in [3.05, 3.63) is 23.8 Å². The molecule has 6 nitrogen and oxygen atoms in total. The molecule has 5 N–H and O–H groups in total. The summed E-state index contributed by atoms with van der Waals surface area (Å²) in [6.45, 7) is 0.613. The Morgan fingerprint density at radius 2 is 1.95 bits per heavy atom. The zero-order valence-corrected chi connectivity index (χ0v) is 10.6. The molecule has 0 aliphatic heterocycles. The topological polar surface area (TPSA) is 113 Å². The molecule has 6 heteroatoms. The van der Waals surface area contributed by atoms with Gasteiger partial charge in [0.05, 0.1) is 0 Å². The number of aromatic hydroxyl groups is 1. The maximum atomic E-state index is 11.6. The molecule has 0 aliphatic rings. The Labute approximate surface area is 111 Å². The largest absolute Gasteiger partial charge is 0.507 e. The molecule has 0 saturated carbocycles. The van der Waals surface area contributed by atoms with Gasteiger partial charge in [-0.15, -0.1) is 0 Å². The van der Waals surface area contributed by atoms with Crippen LogP contribution in [0.2, 0.25) is 0 Å². The molecule has 1 amide bonds. The number of carboxylic acids is 1. The maximum absolute atomic E-state index is 11.6. The molecule has 0 spiro atoms. The quantitative estimate of drug-likeness (QED) is 0.442. The van der Waals surface area contributed by atoms with Crippen LogP contribution < -0.4 is 11.1 Å². The van der Waals surface area contributed by atoms with Crippen molar-refractivity contribution in [1.82, 2.24) is 0 Å². The highest BCUT2D eigenvalue weighted by Gasteiger charge is 2.11. The molecule has 0 bridgehead atoms. The van der Waals surface area contributed by atoms with Crippen molar-refractivity contribution in [3.8, 4) is 5.75 Å². The number of benzene rings is 1.